The fourth-order valence-electron chi connectivity index (χ4n) is 0.627. The second-order valence-corrected chi connectivity index (χ2v) is 2.01. The zero-order valence-electron chi connectivity index (χ0n) is 5.65. The third-order valence-corrected chi connectivity index (χ3v) is 1.33. The quantitative estimate of drug-likeness (QED) is 0.552. The van der Waals surface area contributed by atoms with E-state index < -0.39 is 0 Å². The van der Waals surface area contributed by atoms with E-state index in [4.69, 9.17) is 5.11 Å². The molecule has 0 radical (unpaired) electrons. The Kier molecular flexibility index (Phi) is 5.01. The summed E-state index contributed by atoms with van der Waals surface area (Å²) in [7, 11) is 1.90. The lowest BCUT2D eigenvalue weighted by Crippen LogP contribution is -2.20. The number of aliphatic hydroxyl groups is 1. The van der Waals surface area contributed by atoms with E-state index in [-0.39, 0.29) is 0 Å². The minimum atomic E-state index is 0.303. The normalized spacial score (nSPS) is 13.9. The van der Waals surface area contributed by atoms with Gasteiger partial charge in [0.2, 0.25) is 0 Å². The van der Waals surface area contributed by atoms with Crippen molar-refractivity contribution >= 4 is 0 Å². The summed E-state index contributed by atoms with van der Waals surface area (Å²) < 4.78 is 0. The molecule has 0 heterocycles. The number of rotatable bonds is 4. The highest BCUT2D eigenvalue weighted by molar-refractivity contribution is 4.55. The van der Waals surface area contributed by atoms with E-state index in [0.717, 1.165) is 13.0 Å². The van der Waals surface area contributed by atoms with E-state index in [1.807, 2.05) is 7.05 Å². The zero-order chi connectivity index (χ0) is 6.41. The van der Waals surface area contributed by atoms with Gasteiger partial charge in [-0.3, -0.25) is 0 Å². The highest BCUT2D eigenvalue weighted by atomic mass is 16.3. The Morgan fingerprint density at radius 1 is 1.62 bits per heavy atom. The van der Waals surface area contributed by atoms with Crippen molar-refractivity contribution in [3.8, 4) is 0 Å². The van der Waals surface area contributed by atoms with Crippen molar-refractivity contribution in [2.45, 2.75) is 13.3 Å². The lowest BCUT2D eigenvalue weighted by Gasteiger charge is -2.08. The summed E-state index contributed by atoms with van der Waals surface area (Å²) in [6, 6.07) is 0. The molecule has 0 aliphatic carbocycles. The molecule has 1 unspecified atom stereocenters. The molecule has 0 spiro atoms. The van der Waals surface area contributed by atoms with E-state index in [0.29, 0.717) is 12.5 Å². The maximum atomic E-state index is 8.62. The van der Waals surface area contributed by atoms with Crippen LogP contribution < -0.4 is 5.32 Å². The highest BCUT2D eigenvalue weighted by Crippen LogP contribution is 1.96. The number of nitrogens with one attached hydrogen (secondary N) is 1. The van der Waals surface area contributed by atoms with Gasteiger partial charge in [0, 0.05) is 6.61 Å². The largest absolute Gasteiger partial charge is 0.396 e. The van der Waals surface area contributed by atoms with Crippen molar-refractivity contribution in [2.75, 3.05) is 20.2 Å². The van der Waals surface area contributed by atoms with Crippen molar-refractivity contribution in [2.24, 2.45) is 5.92 Å². The Hall–Kier alpha value is -0.0800. The predicted octanol–water partition coefficient (Wildman–Crippen LogP) is 0.224. The van der Waals surface area contributed by atoms with Gasteiger partial charge in [0.15, 0.2) is 0 Å². The lowest BCUT2D eigenvalue weighted by molar-refractivity contribution is 0.221. The van der Waals surface area contributed by atoms with Crippen LogP contribution in [0, 0.1) is 5.92 Å². The molecule has 0 saturated heterocycles. The third-order valence-electron chi connectivity index (χ3n) is 1.33. The van der Waals surface area contributed by atoms with Gasteiger partial charge in [-0.1, -0.05) is 6.92 Å². The second kappa shape index (κ2) is 5.06. The molecule has 2 N–H and O–H groups in total. The van der Waals surface area contributed by atoms with Crippen LogP contribution in [0.5, 0.6) is 0 Å². The summed E-state index contributed by atoms with van der Waals surface area (Å²) in [6.07, 6.45) is 1.05. The van der Waals surface area contributed by atoms with Crippen LogP contribution in [0.25, 0.3) is 0 Å². The Morgan fingerprint density at radius 3 is 2.38 bits per heavy atom. The molecule has 0 aromatic carbocycles. The first-order valence-corrected chi connectivity index (χ1v) is 3.10. The SMILES string of the molecule is CCC(CO)CNC. The van der Waals surface area contributed by atoms with Crippen LogP contribution in [0.2, 0.25) is 0 Å². The molecule has 0 aromatic rings. The minimum Gasteiger partial charge on any atom is -0.396 e. The molecule has 1 atom stereocenters. The van der Waals surface area contributed by atoms with Gasteiger partial charge < -0.3 is 10.4 Å². The Morgan fingerprint density at radius 2 is 2.25 bits per heavy atom. The van der Waals surface area contributed by atoms with Crippen LogP contribution in [-0.2, 0) is 0 Å². The van der Waals surface area contributed by atoms with Gasteiger partial charge >= 0.3 is 0 Å². The zero-order valence-corrected chi connectivity index (χ0v) is 5.65. The van der Waals surface area contributed by atoms with Gasteiger partial charge in [-0.15, -0.1) is 0 Å². The number of hydrogen-bond donors (Lipinski definition) is 2. The molecule has 0 aliphatic rings. The molecular weight excluding hydrogens is 102 g/mol. The van der Waals surface area contributed by atoms with Crippen molar-refractivity contribution in [3.63, 3.8) is 0 Å². The van der Waals surface area contributed by atoms with Gasteiger partial charge in [-0.05, 0) is 25.9 Å². The average molecular weight is 117 g/mol. The van der Waals surface area contributed by atoms with Crippen molar-refractivity contribution in [3.05, 3.63) is 0 Å². The maximum absolute atomic E-state index is 8.62. The molecule has 0 amide bonds. The molecule has 2 nitrogen and oxygen atoms in total. The van der Waals surface area contributed by atoms with Gasteiger partial charge in [0.25, 0.3) is 0 Å². The third kappa shape index (κ3) is 2.99. The Bertz CT molecular complexity index is 43.8. The van der Waals surface area contributed by atoms with Crippen LogP contribution in [-0.4, -0.2) is 25.3 Å². The van der Waals surface area contributed by atoms with E-state index in [1.165, 1.54) is 0 Å². The fourth-order valence-corrected chi connectivity index (χ4v) is 0.627. The molecule has 0 aromatic heterocycles. The summed E-state index contributed by atoms with van der Waals surface area (Å²) in [6.45, 7) is 3.31. The summed E-state index contributed by atoms with van der Waals surface area (Å²) in [5.41, 5.74) is 0. The highest BCUT2D eigenvalue weighted by Gasteiger charge is 1.99. The first kappa shape index (κ1) is 7.92. The second-order valence-electron chi connectivity index (χ2n) is 2.01. The van der Waals surface area contributed by atoms with Crippen LogP contribution in [0.4, 0.5) is 0 Å². The summed E-state index contributed by atoms with van der Waals surface area (Å²) >= 11 is 0. The smallest absolute Gasteiger partial charge is 0.0471 e. The summed E-state index contributed by atoms with van der Waals surface area (Å²) in [4.78, 5) is 0. The summed E-state index contributed by atoms with van der Waals surface area (Å²) in [5, 5.41) is 11.6. The monoisotopic (exact) mass is 117 g/mol. The van der Waals surface area contributed by atoms with E-state index in [2.05, 4.69) is 12.2 Å². The molecule has 2 heteroatoms. The average Bonchev–Trinajstić information content (AvgIpc) is 1.83. The van der Waals surface area contributed by atoms with E-state index in [9.17, 15) is 0 Å². The van der Waals surface area contributed by atoms with Crippen LogP contribution in [0.15, 0.2) is 0 Å². The number of aliphatic hydroxyl groups excluding tert-OH is 1. The topological polar surface area (TPSA) is 32.3 Å². The maximum Gasteiger partial charge on any atom is 0.0471 e. The first-order valence-electron chi connectivity index (χ1n) is 3.10. The summed E-state index contributed by atoms with van der Waals surface area (Å²) in [5.74, 6) is 0.444. The molecule has 0 saturated carbocycles. The van der Waals surface area contributed by atoms with Gasteiger partial charge in [-0.2, -0.15) is 0 Å². The van der Waals surface area contributed by atoms with Crippen LogP contribution in [0.1, 0.15) is 13.3 Å². The van der Waals surface area contributed by atoms with E-state index in [1.54, 1.807) is 0 Å². The molecule has 0 bridgehead atoms. The molecule has 0 fully saturated rings. The molecule has 8 heavy (non-hydrogen) atoms. The standard InChI is InChI=1S/C6H15NO/c1-3-6(5-8)4-7-2/h6-8H,3-5H2,1-2H3. The van der Waals surface area contributed by atoms with Crippen molar-refractivity contribution in [1.82, 2.24) is 5.32 Å². The minimum absolute atomic E-state index is 0.303. The van der Waals surface area contributed by atoms with Crippen LogP contribution >= 0.6 is 0 Å². The first-order chi connectivity index (χ1) is 3.85. The molecule has 50 valence electrons. The molecule has 0 aliphatic heterocycles. The van der Waals surface area contributed by atoms with Gasteiger partial charge in [0.1, 0.15) is 0 Å². The fraction of sp³-hybridized carbons (Fsp3) is 1.00. The van der Waals surface area contributed by atoms with E-state index >= 15 is 0 Å². The predicted molar refractivity (Wildman–Crippen MR) is 34.8 cm³/mol. The van der Waals surface area contributed by atoms with Gasteiger partial charge in [0.05, 0.1) is 0 Å². The van der Waals surface area contributed by atoms with Crippen molar-refractivity contribution < 1.29 is 5.11 Å². The van der Waals surface area contributed by atoms with Crippen LogP contribution in [0.3, 0.4) is 0 Å². The lowest BCUT2D eigenvalue weighted by atomic mass is 10.1. The van der Waals surface area contributed by atoms with Gasteiger partial charge in [-0.25, -0.2) is 0 Å². The Balaban J connectivity index is 3.07. The number of hydrogen-bond acceptors (Lipinski definition) is 2. The molecular formula is C6H15NO. The van der Waals surface area contributed by atoms with Crippen molar-refractivity contribution in [1.29, 1.82) is 0 Å². The molecule has 0 rings (SSSR count). The Labute approximate surface area is 50.9 Å².